The molecule has 0 spiro atoms. The third-order valence-electron chi connectivity index (χ3n) is 3.91. The van der Waals surface area contributed by atoms with Gasteiger partial charge in [-0.05, 0) is 55.0 Å². The van der Waals surface area contributed by atoms with Crippen molar-refractivity contribution in [3.63, 3.8) is 0 Å². The average Bonchev–Trinajstić information content (AvgIpc) is 2.68. The zero-order chi connectivity index (χ0) is 20.9. The van der Waals surface area contributed by atoms with E-state index in [2.05, 4.69) is 10.0 Å². The van der Waals surface area contributed by atoms with Crippen LogP contribution in [0.1, 0.15) is 5.56 Å². The monoisotopic (exact) mass is 430 g/mol. The van der Waals surface area contributed by atoms with Gasteiger partial charge in [-0.15, -0.1) is 0 Å². The SMILES string of the molecule is Cc1cccc(OCC(=O)Nc2cccc(S(=O)(=O)Nc3ccccc3Cl)c2)c1. The Morgan fingerprint density at radius 2 is 1.76 bits per heavy atom. The van der Waals surface area contributed by atoms with Gasteiger partial charge in [0.05, 0.1) is 15.6 Å². The highest BCUT2D eigenvalue weighted by molar-refractivity contribution is 7.92. The molecular formula is C21H19ClN2O4S. The maximum absolute atomic E-state index is 12.6. The van der Waals surface area contributed by atoms with Crippen LogP contribution in [-0.4, -0.2) is 20.9 Å². The van der Waals surface area contributed by atoms with Crippen molar-refractivity contribution < 1.29 is 17.9 Å². The molecule has 3 rings (SSSR count). The van der Waals surface area contributed by atoms with Gasteiger partial charge in [0, 0.05) is 5.69 Å². The van der Waals surface area contributed by atoms with Gasteiger partial charge >= 0.3 is 0 Å². The normalized spacial score (nSPS) is 11.0. The number of carbonyl (C=O) groups is 1. The number of aryl methyl sites for hydroxylation is 1. The maximum atomic E-state index is 12.6. The number of amides is 1. The molecule has 0 aliphatic carbocycles. The van der Waals surface area contributed by atoms with Crippen LogP contribution in [0.2, 0.25) is 5.02 Å². The Bertz CT molecular complexity index is 1130. The Labute approximate surface area is 174 Å². The van der Waals surface area contributed by atoms with Crippen molar-refractivity contribution in [1.29, 1.82) is 0 Å². The van der Waals surface area contributed by atoms with E-state index >= 15 is 0 Å². The predicted molar refractivity (Wildman–Crippen MR) is 114 cm³/mol. The Balaban J connectivity index is 1.67. The van der Waals surface area contributed by atoms with Gasteiger partial charge in [0.15, 0.2) is 6.61 Å². The average molecular weight is 431 g/mol. The van der Waals surface area contributed by atoms with Crippen LogP contribution < -0.4 is 14.8 Å². The molecule has 8 heteroatoms. The number of hydrogen-bond donors (Lipinski definition) is 2. The van der Waals surface area contributed by atoms with E-state index in [0.29, 0.717) is 11.4 Å². The molecule has 1 amide bonds. The van der Waals surface area contributed by atoms with E-state index in [-0.39, 0.29) is 22.2 Å². The van der Waals surface area contributed by atoms with E-state index in [0.717, 1.165) is 5.56 Å². The van der Waals surface area contributed by atoms with Crippen LogP contribution in [0.25, 0.3) is 0 Å². The Morgan fingerprint density at radius 3 is 2.52 bits per heavy atom. The van der Waals surface area contributed by atoms with Crippen molar-refractivity contribution in [2.45, 2.75) is 11.8 Å². The van der Waals surface area contributed by atoms with Gasteiger partial charge in [0.2, 0.25) is 0 Å². The fourth-order valence-corrected chi connectivity index (χ4v) is 3.90. The molecule has 0 aliphatic heterocycles. The zero-order valence-electron chi connectivity index (χ0n) is 15.6. The second kappa shape index (κ2) is 8.98. The first-order valence-electron chi connectivity index (χ1n) is 8.70. The van der Waals surface area contributed by atoms with Gasteiger partial charge in [-0.25, -0.2) is 8.42 Å². The van der Waals surface area contributed by atoms with E-state index in [1.165, 1.54) is 18.2 Å². The van der Waals surface area contributed by atoms with Gasteiger partial charge in [0.1, 0.15) is 5.75 Å². The largest absolute Gasteiger partial charge is 0.484 e. The third-order valence-corrected chi connectivity index (χ3v) is 5.60. The van der Waals surface area contributed by atoms with Gasteiger partial charge in [-0.3, -0.25) is 9.52 Å². The van der Waals surface area contributed by atoms with Gasteiger partial charge < -0.3 is 10.1 Å². The molecule has 0 saturated heterocycles. The number of halogens is 1. The number of para-hydroxylation sites is 1. The zero-order valence-corrected chi connectivity index (χ0v) is 17.1. The number of rotatable bonds is 7. The molecule has 2 N–H and O–H groups in total. The number of carbonyl (C=O) groups excluding carboxylic acids is 1. The lowest BCUT2D eigenvalue weighted by Gasteiger charge is -2.11. The molecule has 0 aromatic heterocycles. The lowest BCUT2D eigenvalue weighted by atomic mass is 10.2. The Morgan fingerprint density at radius 1 is 1.00 bits per heavy atom. The summed E-state index contributed by atoms with van der Waals surface area (Å²) in [6, 6.07) is 19.8. The van der Waals surface area contributed by atoms with Gasteiger partial charge in [-0.1, -0.05) is 41.9 Å². The molecule has 0 atom stereocenters. The summed E-state index contributed by atoms with van der Waals surface area (Å²) in [5.74, 6) is 0.181. The van der Waals surface area contributed by atoms with E-state index in [4.69, 9.17) is 16.3 Å². The second-order valence-corrected chi connectivity index (χ2v) is 8.36. The molecule has 0 heterocycles. The smallest absolute Gasteiger partial charge is 0.262 e. The van der Waals surface area contributed by atoms with Crippen molar-refractivity contribution >= 4 is 38.9 Å². The van der Waals surface area contributed by atoms with Crippen molar-refractivity contribution in [1.82, 2.24) is 0 Å². The summed E-state index contributed by atoms with van der Waals surface area (Å²) in [6.45, 7) is 1.73. The van der Waals surface area contributed by atoms with E-state index < -0.39 is 15.9 Å². The van der Waals surface area contributed by atoms with Crippen molar-refractivity contribution in [2.24, 2.45) is 0 Å². The summed E-state index contributed by atoms with van der Waals surface area (Å²) in [6.07, 6.45) is 0. The molecule has 0 radical (unpaired) electrons. The maximum Gasteiger partial charge on any atom is 0.262 e. The molecule has 29 heavy (non-hydrogen) atoms. The topological polar surface area (TPSA) is 84.5 Å². The van der Waals surface area contributed by atoms with Crippen LogP contribution in [-0.2, 0) is 14.8 Å². The summed E-state index contributed by atoms with van der Waals surface area (Å²) in [7, 11) is -3.87. The standard InChI is InChI=1S/C21H19ClN2O4S/c1-15-6-4-8-17(12-15)28-14-21(25)23-16-7-5-9-18(13-16)29(26,27)24-20-11-3-2-10-19(20)22/h2-13,24H,14H2,1H3,(H,23,25). The third kappa shape index (κ3) is 5.73. The van der Waals surface area contributed by atoms with Gasteiger partial charge in [-0.2, -0.15) is 0 Å². The number of benzene rings is 3. The first kappa shape index (κ1) is 20.7. The molecule has 0 aliphatic rings. The molecule has 0 bridgehead atoms. The summed E-state index contributed by atoms with van der Waals surface area (Å²) < 4.78 is 33.1. The van der Waals surface area contributed by atoms with E-state index in [1.807, 2.05) is 25.1 Å². The summed E-state index contributed by atoms with van der Waals surface area (Å²) in [5.41, 5.74) is 1.63. The highest BCUT2D eigenvalue weighted by atomic mass is 35.5. The van der Waals surface area contributed by atoms with Crippen LogP contribution in [0.3, 0.4) is 0 Å². The minimum atomic E-state index is -3.87. The molecule has 0 unspecified atom stereocenters. The van der Waals surface area contributed by atoms with Crippen LogP contribution in [0.4, 0.5) is 11.4 Å². The lowest BCUT2D eigenvalue weighted by Crippen LogP contribution is -2.20. The van der Waals surface area contributed by atoms with E-state index in [1.54, 1.807) is 36.4 Å². The fourth-order valence-electron chi connectivity index (χ4n) is 2.54. The fraction of sp³-hybridized carbons (Fsp3) is 0.0952. The first-order valence-corrected chi connectivity index (χ1v) is 10.6. The number of ether oxygens (including phenoxy) is 1. The Kier molecular flexibility index (Phi) is 6.41. The number of sulfonamides is 1. The van der Waals surface area contributed by atoms with Crippen molar-refractivity contribution in [3.8, 4) is 5.75 Å². The molecular weight excluding hydrogens is 412 g/mol. The molecule has 150 valence electrons. The Hall–Kier alpha value is -3.03. The van der Waals surface area contributed by atoms with Crippen LogP contribution in [0.5, 0.6) is 5.75 Å². The van der Waals surface area contributed by atoms with Crippen LogP contribution in [0, 0.1) is 6.92 Å². The van der Waals surface area contributed by atoms with E-state index in [9.17, 15) is 13.2 Å². The number of nitrogens with one attached hydrogen (secondary N) is 2. The molecule has 0 fully saturated rings. The van der Waals surface area contributed by atoms with Crippen LogP contribution in [0.15, 0.2) is 77.7 Å². The van der Waals surface area contributed by atoms with Crippen LogP contribution >= 0.6 is 11.6 Å². The molecule has 6 nitrogen and oxygen atoms in total. The summed E-state index contributed by atoms with van der Waals surface area (Å²) >= 11 is 6.02. The number of anilines is 2. The predicted octanol–water partition coefficient (Wildman–Crippen LogP) is 4.47. The molecule has 3 aromatic rings. The summed E-state index contributed by atoms with van der Waals surface area (Å²) in [4.78, 5) is 12.1. The molecule has 3 aromatic carbocycles. The minimum absolute atomic E-state index is 0.00479. The first-order chi connectivity index (χ1) is 13.8. The lowest BCUT2D eigenvalue weighted by molar-refractivity contribution is -0.118. The van der Waals surface area contributed by atoms with Gasteiger partial charge in [0.25, 0.3) is 15.9 Å². The quantitative estimate of drug-likeness (QED) is 0.579. The van der Waals surface area contributed by atoms with Crippen molar-refractivity contribution in [3.05, 3.63) is 83.4 Å². The van der Waals surface area contributed by atoms with Crippen molar-refractivity contribution in [2.75, 3.05) is 16.6 Å². The minimum Gasteiger partial charge on any atom is -0.484 e. The number of hydrogen-bond acceptors (Lipinski definition) is 4. The second-order valence-electron chi connectivity index (χ2n) is 6.27. The highest BCUT2D eigenvalue weighted by Crippen LogP contribution is 2.25. The molecule has 0 saturated carbocycles. The highest BCUT2D eigenvalue weighted by Gasteiger charge is 2.16. The summed E-state index contributed by atoms with van der Waals surface area (Å²) in [5, 5.41) is 2.92.